The maximum Gasteiger partial charge on any atom is 0.416 e. The van der Waals surface area contributed by atoms with Crippen LogP contribution in [0.15, 0.2) is 53.5 Å². The Morgan fingerprint density at radius 3 is 2.16 bits per heavy atom. The zero-order chi connectivity index (χ0) is 23.6. The van der Waals surface area contributed by atoms with Gasteiger partial charge >= 0.3 is 6.18 Å². The minimum Gasteiger partial charge on any atom is -0.356 e. The molecule has 0 heterocycles. The topological polar surface area (TPSA) is 94.6 Å². The number of carbonyl (C=O) groups excluding carboxylic acids is 2. The van der Waals surface area contributed by atoms with Crippen molar-refractivity contribution in [2.75, 3.05) is 33.7 Å². The summed E-state index contributed by atoms with van der Waals surface area (Å²) in [6.45, 7) is 1.21. The number of aliphatic imine (C=N–C) groups is 1. The number of carbonyl (C=O) groups is 2. The summed E-state index contributed by atoms with van der Waals surface area (Å²) in [5.41, 5.74) is 0.944. The van der Waals surface area contributed by atoms with E-state index in [1.165, 1.54) is 0 Å². The van der Waals surface area contributed by atoms with Gasteiger partial charge in [-0.25, -0.2) is 0 Å². The maximum absolute atomic E-state index is 12.6. The molecule has 172 valence electrons. The van der Waals surface area contributed by atoms with Crippen LogP contribution in [0.25, 0.3) is 0 Å². The molecule has 2 aromatic carbocycles. The lowest BCUT2D eigenvalue weighted by molar-refractivity contribution is -0.137. The molecule has 0 aliphatic heterocycles. The van der Waals surface area contributed by atoms with Gasteiger partial charge in [-0.3, -0.25) is 14.6 Å². The molecule has 0 spiro atoms. The monoisotopic (exact) mass is 449 g/mol. The number of hydrogen-bond donors (Lipinski definition) is 4. The Labute approximate surface area is 184 Å². The van der Waals surface area contributed by atoms with Crippen molar-refractivity contribution in [2.24, 2.45) is 4.99 Å². The number of hydrogen-bond acceptors (Lipinski definition) is 3. The van der Waals surface area contributed by atoms with Gasteiger partial charge in [0.15, 0.2) is 5.96 Å². The largest absolute Gasteiger partial charge is 0.416 e. The second-order valence-corrected chi connectivity index (χ2v) is 6.79. The number of halogens is 3. The zero-order valence-corrected chi connectivity index (χ0v) is 17.8. The van der Waals surface area contributed by atoms with Gasteiger partial charge in [-0.2, -0.15) is 13.2 Å². The smallest absolute Gasteiger partial charge is 0.356 e. The molecule has 0 atom stereocenters. The lowest BCUT2D eigenvalue weighted by Crippen LogP contribution is -2.42. The molecular weight excluding hydrogens is 423 g/mol. The van der Waals surface area contributed by atoms with Gasteiger partial charge in [-0.15, -0.1) is 0 Å². The number of alkyl halides is 3. The Bertz CT molecular complexity index is 943. The van der Waals surface area contributed by atoms with Crippen LogP contribution in [0.4, 0.5) is 13.2 Å². The molecule has 10 heteroatoms. The van der Waals surface area contributed by atoms with E-state index in [9.17, 15) is 22.8 Å². The van der Waals surface area contributed by atoms with Gasteiger partial charge in [0.2, 0.25) is 0 Å². The Hall–Kier alpha value is -3.56. The first-order chi connectivity index (χ1) is 15.2. The molecule has 2 amide bonds. The van der Waals surface area contributed by atoms with E-state index in [2.05, 4.69) is 26.3 Å². The first-order valence-corrected chi connectivity index (χ1v) is 9.95. The van der Waals surface area contributed by atoms with Crippen LogP contribution in [0.1, 0.15) is 31.8 Å². The number of nitrogens with one attached hydrogen (secondary N) is 4. The molecule has 0 fully saturated rings. The Morgan fingerprint density at radius 2 is 1.53 bits per heavy atom. The van der Waals surface area contributed by atoms with Gasteiger partial charge in [0, 0.05) is 44.9 Å². The molecular formula is C22H26F3N5O2. The van der Waals surface area contributed by atoms with Crippen molar-refractivity contribution in [1.82, 2.24) is 21.3 Å². The molecule has 0 aromatic heterocycles. The first kappa shape index (κ1) is 24.7. The SMILES string of the molecule is CN=C(NCCNC(=O)c1ccc(C(F)(F)F)cc1)NCCc1cccc(C(=O)NC)c1. The van der Waals surface area contributed by atoms with Crippen LogP contribution in [-0.2, 0) is 12.6 Å². The van der Waals surface area contributed by atoms with E-state index in [1.54, 1.807) is 20.2 Å². The maximum atomic E-state index is 12.6. The molecule has 4 N–H and O–H groups in total. The standard InChI is InChI=1S/C22H26F3N5O2/c1-26-19(31)17-5-3-4-15(14-17)10-11-29-21(27-2)30-13-12-28-20(32)16-6-8-18(9-7-16)22(23,24)25/h3-9,14H,10-13H2,1-2H3,(H,26,31)(H,28,32)(H2,27,29,30). The van der Waals surface area contributed by atoms with Crippen LogP contribution in [0.3, 0.4) is 0 Å². The van der Waals surface area contributed by atoms with E-state index in [0.717, 1.165) is 29.8 Å². The molecule has 0 bridgehead atoms. The van der Waals surface area contributed by atoms with Crippen molar-refractivity contribution in [2.45, 2.75) is 12.6 Å². The average Bonchev–Trinajstić information content (AvgIpc) is 2.79. The highest BCUT2D eigenvalue weighted by atomic mass is 19.4. The summed E-state index contributed by atoms with van der Waals surface area (Å²) in [6, 6.07) is 11.4. The van der Waals surface area contributed by atoms with Gasteiger partial charge in [0.25, 0.3) is 11.8 Å². The molecule has 0 saturated carbocycles. The van der Waals surface area contributed by atoms with Gasteiger partial charge in [0.05, 0.1) is 5.56 Å². The summed E-state index contributed by atoms with van der Waals surface area (Å²) in [5, 5.41) is 11.4. The summed E-state index contributed by atoms with van der Waals surface area (Å²) in [6.07, 6.45) is -3.76. The molecule has 2 rings (SSSR count). The Balaban J connectivity index is 1.72. The number of benzene rings is 2. The lowest BCUT2D eigenvalue weighted by atomic mass is 10.1. The van der Waals surface area contributed by atoms with E-state index in [0.29, 0.717) is 31.0 Å². The number of nitrogens with zero attached hydrogens (tertiary/aromatic N) is 1. The summed E-state index contributed by atoms with van der Waals surface area (Å²) < 4.78 is 37.8. The predicted octanol–water partition coefficient (Wildman–Crippen LogP) is 2.20. The first-order valence-electron chi connectivity index (χ1n) is 9.95. The molecule has 0 aliphatic rings. The van der Waals surface area contributed by atoms with Crippen molar-refractivity contribution < 1.29 is 22.8 Å². The van der Waals surface area contributed by atoms with Crippen LogP contribution in [0, 0.1) is 0 Å². The minimum absolute atomic E-state index is 0.143. The molecule has 0 saturated heterocycles. The lowest BCUT2D eigenvalue weighted by Gasteiger charge is -2.13. The minimum atomic E-state index is -4.44. The van der Waals surface area contributed by atoms with Crippen molar-refractivity contribution >= 4 is 17.8 Å². The highest BCUT2D eigenvalue weighted by molar-refractivity contribution is 5.94. The zero-order valence-electron chi connectivity index (χ0n) is 17.8. The fraction of sp³-hybridized carbons (Fsp3) is 0.318. The highest BCUT2D eigenvalue weighted by Crippen LogP contribution is 2.29. The number of amides is 2. The molecule has 0 unspecified atom stereocenters. The molecule has 0 radical (unpaired) electrons. The van der Waals surface area contributed by atoms with Gasteiger partial charge in [-0.1, -0.05) is 12.1 Å². The van der Waals surface area contributed by atoms with Crippen LogP contribution < -0.4 is 21.3 Å². The highest BCUT2D eigenvalue weighted by Gasteiger charge is 2.30. The fourth-order valence-corrected chi connectivity index (χ4v) is 2.83. The third kappa shape index (κ3) is 7.60. The number of guanidine groups is 1. The summed E-state index contributed by atoms with van der Waals surface area (Å²) in [5.74, 6) is -0.0636. The second kappa shape index (κ2) is 11.7. The summed E-state index contributed by atoms with van der Waals surface area (Å²) in [4.78, 5) is 27.9. The van der Waals surface area contributed by atoms with Gasteiger partial charge < -0.3 is 21.3 Å². The molecule has 7 nitrogen and oxygen atoms in total. The van der Waals surface area contributed by atoms with Crippen LogP contribution >= 0.6 is 0 Å². The molecule has 2 aromatic rings. The van der Waals surface area contributed by atoms with E-state index in [4.69, 9.17) is 0 Å². The van der Waals surface area contributed by atoms with Crippen molar-refractivity contribution in [3.8, 4) is 0 Å². The Morgan fingerprint density at radius 1 is 0.875 bits per heavy atom. The molecule has 0 aliphatic carbocycles. The van der Waals surface area contributed by atoms with Crippen LogP contribution in [0.2, 0.25) is 0 Å². The van der Waals surface area contributed by atoms with Gasteiger partial charge in [0.1, 0.15) is 0 Å². The van der Waals surface area contributed by atoms with E-state index in [1.807, 2.05) is 18.2 Å². The van der Waals surface area contributed by atoms with E-state index < -0.39 is 17.6 Å². The van der Waals surface area contributed by atoms with Crippen molar-refractivity contribution in [3.05, 3.63) is 70.8 Å². The third-order valence-electron chi connectivity index (χ3n) is 4.52. The van der Waals surface area contributed by atoms with Crippen LogP contribution in [-0.4, -0.2) is 51.5 Å². The van der Waals surface area contributed by atoms with Crippen molar-refractivity contribution in [1.29, 1.82) is 0 Å². The molecule has 32 heavy (non-hydrogen) atoms. The Kier molecular flexibility index (Phi) is 9.06. The summed E-state index contributed by atoms with van der Waals surface area (Å²) in [7, 11) is 3.19. The van der Waals surface area contributed by atoms with E-state index in [-0.39, 0.29) is 18.0 Å². The third-order valence-corrected chi connectivity index (χ3v) is 4.52. The van der Waals surface area contributed by atoms with Crippen molar-refractivity contribution in [3.63, 3.8) is 0 Å². The normalized spacial score (nSPS) is 11.6. The van der Waals surface area contributed by atoms with E-state index >= 15 is 0 Å². The summed E-state index contributed by atoms with van der Waals surface area (Å²) >= 11 is 0. The second-order valence-electron chi connectivity index (χ2n) is 6.79. The van der Waals surface area contributed by atoms with Gasteiger partial charge in [-0.05, 0) is 48.4 Å². The predicted molar refractivity (Wildman–Crippen MR) is 117 cm³/mol. The fourth-order valence-electron chi connectivity index (χ4n) is 2.83. The van der Waals surface area contributed by atoms with Crippen LogP contribution in [0.5, 0.6) is 0 Å². The quantitative estimate of drug-likeness (QED) is 0.282. The number of rotatable bonds is 8. The average molecular weight is 449 g/mol.